The van der Waals surface area contributed by atoms with E-state index in [2.05, 4.69) is 107 Å². The fourth-order valence-corrected chi connectivity index (χ4v) is 3.58. The van der Waals surface area contributed by atoms with Gasteiger partial charge in [-0.05, 0) is 12.8 Å². The van der Waals surface area contributed by atoms with Gasteiger partial charge in [0.05, 0.1) is 0 Å². The van der Waals surface area contributed by atoms with E-state index >= 15 is 0 Å². The first-order valence-electron chi connectivity index (χ1n) is 14.4. The van der Waals surface area contributed by atoms with Crippen molar-refractivity contribution < 1.29 is 30.9 Å². The molecular formula is C32H54B2N4OZr. The van der Waals surface area contributed by atoms with Crippen LogP contribution in [0.1, 0.15) is 95.9 Å². The van der Waals surface area contributed by atoms with Crippen molar-refractivity contribution in [1.82, 2.24) is 0 Å². The minimum atomic E-state index is -0.0741. The zero-order valence-electron chi connectivity index (χ0n) is 27.5. The van der Waals surface area contributed by atoms with Crippen LogP contribution in [0, 0.1) is 0 Å². The van der Waals surface area contributed by atoms with Gasteiger partial charge in [-0.3, -0.25) is 0 Å². The molecule has 2 aromatic rings. The second-order valence-electron chi connectivity index (χ2n) is 14.1. The largest absolute Gasteiger partial charge is 4.00 e. The summed E-state index contributed by atoms with van der Waals surface area (Å²) in [6, 6.07) is 20.6. The van der Waals surface area contributed by atoms with Crippen LogP contribution in [0.2, 0.25) is 0 Å². The van der Waals surface area contributed by atoms with Gasteiger partial charge in [0.1, 0.15) is 0 Å². The van der Waals surface area contributed by atoms with Gasteiger partial charge in [0.15, 0.2) is 0 Å². The third-order valence-corrected chi connectivity index (χ3v) is 5.06. The Labute approximate surface area is 267 Å². The molecule has 5 nitrogen and oxygen atoms in total. The van der Waals surface area contributed by atoms with Crippen LogP contribution in [0.25, 0.3) is 20.9 Å². The Morgan fingerprint density at radius 3 is 0.900 bits per heavy atom. The number of hydrogen-bond acceptors (Lipinski definition) is 1. The Bertz CT molecular complexity index is 790. The van der Waals surface area contributed by atoms with E-state index in [0.717, 1.165) is 24.1 Å². The molecule has 1 aliphatic rings. The van der Waals surface area contributed by atoms with Crippen molar-refractivity contribution in [3.05, 3.63) is 81.6 Å². The van der Waals surface area contributed by atoms with Gasteiger partial charge in [-0.25, -0.2) is 0 Å². The first-order valence-corrected chi connectivity index (χ1v) is 14.4. The van der Waals surface area contributed by atoms with Crippen LogP contribution < -0.4 is 10.9 Å². The zero-order valence-corrected chi connectivity index (χ0v) is 29.9. The van der Waals surface area contributed by atoms with E-state index in [1.54, 1.807) is 0 Å². The number of rotatable bonds is 6. The molecule has 0 saturated carbocycles. The number of ether oxygens (including phenoxy) is 1. The minimum absolute atomic E-state index is 0. The normalized spacial score (nSPS) is 13.7. The summed E-state index contributed by atoms with van der Waals surface area (Å²) in [5.41, 5.74) is 2.03. The first kappa shape index (κ1) is 39.3. The van der Waals surface area contributed by atoms with Gasteiger partial charge in [-0.1, -0.05) is 158 Å². The number of benzene rings is 2. The van der Waals surface area contributed by atoms with E-state index in [1.807, 2.05) is 36.4 Å². The van der Waals surface area contributed by atoms with Crippen LogP contribution >= 0.6 is 0 Å². The van der Waals surface area contributed by atoms with Crippen LogP contribution in [0.4, 0.5) is 0 Å². The molecule has 0 atom stereocenters. The predicted molar refractivity (Wildman–Crippen MR) is 176 cm³/mol. The van der Waals surface area contributed by atoms with Gasteiger partial charge < -0.3 is 25.6 Å². The molecule has 1 aliphatic heterocycles. The molecule has 1 fully saturated rings. The fourth-order valence-electron chi connectivity index (χ4n) is 3.58. The van der Waals surface area contributed by atoms with Crippen LogP contribution in [-0.4, -0.2) is 49.3 Å². The Hall–Kier alpha value is -0.747. The quantitative estimate of drug-likeness (QED) is 0.299. The molecule has 1 saturated heterocycles. The van der Waals surface area contributed by atoms with E-state index < -0.39 is 0 Å². The average molecular weight is 624 g/mol. The van der Waals surface area contributed by atoms with E-state index in [4.69, 9.17) is 25.6 Å². The summed E-state index contributed by atoms with van der Waals surface area (Å²) in [5.74, 6) is 0. The molecule has 0 bridgehead atoms. The van der Waals surface area contributed by atoms with Gasteiger partial charge in [0, 0.05) is 13.2 Å². The predicted octanol–water partition coefficient (Wildman–Crippen LogP) is 8.25. The summed E-state index contributed by atoms with van der Waals surface area (Å²) in [6.07, 6.45) is 2.56. The summed E-state index contributed by atoms with van der Waals surface area (Å²) in [4.78, 5) is 0. The van der Waals surface area contributed by atoms with Crippen molar-refractivity contribution >= 4 is 24.9 Å². The second-order valence-corrected chi connectivity index (χ2v) is 14.1. The minimum Gasteiger partial charge on any atom is -0.695 e. The Kier molecular flexibility index (Phi) is 17.7. The van der Waals surface area contributed by atoms with Gasteiger partial charge >= 0.3 is 26.2 Å². The van der Waals surface area contributed by atoms with Crippen LogP contribution in [0.3, 0.4) is 0 Å². The first-order chi connectivity index (χ1) is 17.8. The SMILES string of the molecule is C1CCOC1.CC(C)(C)[N-]B([N-]C(C)(C)C)c1ccccc1.CC(C)(C)[N-]B([N-]C(C)(C)C)c1ccccc1.[Zr+4]. The molecule has 0 N–H and O–H groups in total. The van der Waals surface area contributed by atoms with Crippen LogP contribution in [0.5, 0.6) is 0 Å². The average Bonchev–Trinajstić information content (AvgIpc) is 3.37. The monoisotopic (exact) mass is 622 g/mol. The third-order valence-electron chi connectivity index (χ3n) is 5.06. The van der Waals surface area contributed by atoms with E-state index in [9.17, 15) is 0 Å². The topological polar surface area (TPSA) is 65.6 Å². The van der Waals surface area contributed by atoms with Crippen molar-refractivity contribution in [2.75, 3.05) is 13.2 Å². The molecular weight excluding hydrogens is 569 g/mol. The third kappa shape index (κ3) is 21.0. The van der Waals surface area contributed by atoms with Gasteiger partial charge in [-0.2, -0.15) is 0 Å². The number of hydrogen-bond donors (Lipinski definition) is 0. The molecule has 218 valence electrons. The fraction of sp³-hybridized carbons (Fsp3) is 0.625. The Morgan fingerprint density at radius 2 is 0.725 bits per heavy atom. The molecule has 0 amide bonds. The summed E-state index contributed by atoms with van der Waals surface area (Å²) < 4.78 is 4.94. The molecule has 2 aromatic carbocycles. The molecule has 1 heterocycles. The molecule has 0 spiro atoms. The van der Waals surface area contributed by atoms with Crippen molar-refractivity contribution in [3.8, 4) is 0 Å². The van der Waals surface area contributed by atoms with Crippen LogP contribution in [-0.2, 0) is 30.9 Å². The maximum Gasteiger partial charge on any atom is 4.00 e. The number of nitrogens with zero attached hydrogens (tertiary/aromatic N) is 4. The maximum atomic E-state index is 4.94. The summed E-state index contributed by atoms with van der Waals surface area (Å²) >= 11 is 0. The van der Waals surface area contributed by atoms with Crippen LogP contribution in [0.15, 0.2) is 60.7 Å². The van der Waals surface area contributed by atoms with E-state index in [-0.39, 0.29) is 62.3 Å². The Balaban J connectivity index is 0.000000632. The van der Waals surface area contributed by atoms with Crippen molar-refractivity contribution in [1.29, 1.82) is 0 Å². The standard InChI is InChI=1S/2C14H23BN2.C4H8O.Zr/c2*1-13(2,3)16-15(17-14(4,5)6)12-10-8-7-9-11-12;1-2-4-5-3-1;/h2*7-11H,1-6H3;1-4H2;/q2*-2;;+4. The molecule has 0 aromatic heterocycles. The summed E-state index contributed by atoms with van der Waals surface area (Å²) in [5, 5.41) is 19.2. The van der Waals surface area contributed by atoms with Gasteiger partial charge in [0.25, 0.3) is 0 Å². The van der Waals surface area contributed by atoms with Crippen molar-refractivity contribution in [2.45, 2.75) is 118 Å². The second kappa shape index (κ2) is 18.0. The summed E-state index contributed by atoms with van der Waals surface area (Å²) in [7, 11) is 0. The Morgan fingerprint density at radius 1 is 0.475 bits per heavy atom. The van der Waals surface area contributed by atoms with Gasteiger partial charge in [-0.15, -0.1) is 33.1 Å². The summed E-state index contributed by atoms with van der Waals surface area (Å²) in [6.45, 7) is 27.2. The molecule has 0 radical (unpaired) electrons. The zero-order chi connectivity index (χ0) is 29.7. The molecule has 0 unspecified atom stereocenters. The van der Waals surface area contributed by atoms with Crippen molar-refractivity contribution in [2.24, 2.45) is 0 Å². The molecule has 0 aliphatic carbocycles. The smallest absolute Gasteiger partial charge is 0.695 e. The molecule has 3 rings (SSSR count). The molecule has 40 heavy (non-hydrogen) atoms. The van der Waals surface area contributed by atoms with Gasteiger partial charge in [0.2, 0.25) is 0 Å². The maximum absolute atomic E-state index is 4.94. The van der Waals surface area contributed by atoms with E-state index in [0.29, 0.717) is 0 Å². The molecule has 8 heteroatoms. The van der Waals surface area contributed by atoms with Crippen molar-refractivity contribution in [3.63, 3.8) is 0 Å². The van der Waals surface area contributed by atoms with E-state index in [1.165, 1.54) is 12.8 Å².